The SMILES string of the molecule is Cc1ccc(Cn2c(CN3CCC(C(=O)NCCCc4ccccc4)CC3)cc3ccccc32)cc1. The summed E-state index contributed by atoms with van der Waals surface area (Å²) in [4.78, 5) is 15.3. The van der Waals surface area contributed by atoms with Crippen LogP contribution in [-0.2, 0) is 24.3 Å². The van der Waals surface area contributed by atoms with Gasteiger partial charge in [-0.05, 0) is 74.3 Å². The van der Waals surface area contributed by atoms with Gasteiger partial charge in [-0.3, -0.25) is 9.69 Å². The second-order valence-electron chi connectivity index (χ2n) is 10.2. The molecule has 0 aliphatic carbocycles. The van der Waals surface area contributed by atoms with Crippen LogP contribution in [-0.4, -0.2) is 35.0 Å². The minimum absolute atomic E-state index is 0.136. The average molecular weight is 480 g/mol. The molecular formula is C32H37N3O. The number of nitrogens with zero attached hydrogens (tertiary/aromatic N) is 2. The maximum atomic E-state index is 12.7. The van der Waals surface area contributed by atoms with Gasteiger partial charge in [0.2, 0.25) is 5.91 Å². The Morgan fingerprint density at radius 2 is 1.58 bits per heavy atom. The topological polar surface area (TPSA) is 37.3 Å². The van der Waals surface area contributed by atoms with Gasteiger partial charge < -0.3 is 9.88 Å². The smallest absolute Gasteiger partial charge is 0.223 e. The van der Waals surface area contributed by atoms with Gasteiger partial charge in [0, 0.05) is 36.8 Å². The quantitative estimate of drug-likeness (QED) is 0.301. The molecule has 0 saturated carbocycles. The number of rotatable bonds is 9. The lowest BCUT2D eigenvalue weighted by atomic mass is 9.95. The summed E-state index contributed by atoms with van der Waals surface area (Å²) in [6.07, 6.45) is 3.86. The van der Waals surface area contributed by atoms with Crippen molar-refractivity contribution in [2.24, 2.45) is 5.92 Å². The molecular weight excluding hydrogens is 442 g/mol. The fourth-order valence-electron chi connectivity index (χ4n) is 5.34. The summed E-state index contributed by atoms with van der Waals surface area (Å²) in [5.74, 6) is 0.368. The molecule has 1 aliphatic heterocycles. The summed E-state index contributed by atoms with van der Waals surface area (Å²) < 4.78 is 2.46. The third-order valence-corrected chi connectivity index (χ3v) is 7.49. The Kier molecular flexibility index (Phi) is 7.82. The molecule has 3 aromatic carbocycles. The number of aryl methyl sites for hydroxylation is 2. The highest BCUT2D eigenvalue weighted by molar-refractivity contribution is 5.81. The number of likely N-dealkylation sites (tertiary alicyclic amines) is 1. The lowest BCUT2D eigenvalue weighted by Crippen LogP contribution is -2.40. The zero-order chi connectivity index (χ0) is 24.7. The minimum atomic E-state index is 0.136. The molecule has 0 radical (unpaired) electrons. The van der Waals surface area contributed by atoms with Crippen molar-refractivity contribution < 1.29 is 4.79 Å². The molecule has 2 heterocycles. The van der Waals surface area contributed by atoms with Gasteiger partial charge in [-0.15, -0.1) is 0 Å². The summed E-state index contributed by atoms with van der Waals surface area (Å²) in [6, 6.07) is 30.4. The predicted molar refractivity (Wildman–Crippen MR) is 148 cm³/mol. The molecule has 0 bridgehead atoms. The summed E-state index contributed by atoms with van der Waals surface area (Å²) >= 11 is 0. The molecule has 1 fully saturated rings. The third-order valence-electron chi connectivity index (χ3n) is 7.49. The van der Waals surface area contributed by atoms with E-state index in [2.05, 4.69) is 101 Å². The molecule has 1 amide bonds. The van der Waals surface area contributed by atoms with Gasteiger partial charge in [0.05, 0.1) is 0 Å². The number of hydrogen-bond acceptors (Lipinski definition) is 2. The number of amides is 1. The van der Waals surface area contributed by atoms with E-state index < -0.39 is 0 Å². The first-order valence-corrected chi connectivity index (χ1v) is 13.3. The van der Waals surface area contributed by atoms with Gasteiger partial charge in [0.25, 0.3) is 0 Å². The van der Waals surface area contributed by atoms with E-state index in [0.717, 1.165) is 58.4 Å². The van der Waals surface area contributed by atoms with Crippen LogP contribution in [0.3, 0.4) is 0 Å². The van der Waals surface area contributed by atoms with E-state index in [0.29, 0.717) is 0 Å². The van der Waals surface area contributed by atoms with Crippen molar-refractivity contribution in [3.8, 4) is 0 Å². The van der Waals surface area contributed by atoms with E-state index in [4.69, 9.17) is 0 Å². The zero-order valence-electron chi connectivity index (χ0n) is 21.3. The second-order valence-corrected chi connectivity index (χ2v) is 10.2. The maximum absolute atomic E-state index is 12.7. The Hall–Kier alpha value is -3.37. The third kappa shape index (κ3) is 6.06. The number of carbonyl (C=O) groups is 1. The monoisotopic (exact) mass is 479 g/mol. The Morgan fingerprint density at radius 3 is 2.36 bits per heavy atom. The summed E-state index contributed by atoms with van der Waals surface area (Å²) in [6.45, 7) is 6.63. The number of piperidine rings is 1. The maximum Gasteiger partial charge on any atom is 0.223 e. The summed E-state index contributed by atoms with van der Waals surface area (Å²) in [5, 5.41) is 4.48. The average Bonchev–Trinajstić information content (AvgIpc) is 3.25. The van der Waals surface area contributed by atoms with Crippen LogP contribution in [0.2, 0.25) is 0 Å². The first kappa shape index (κ1) is 24.3. The van der Waals surface area contributed by atoms with Crippen LogP contribution in [0, 0.1) is 12.8 Å². The molecule has 0 spiro atoms. The highest BCUT2D eigenvalue weighted by Gasteiger charge is 2.25. The van der Waals surface area contributed by atoms with Gasteiger partial charge in [0.15, 0.2) is 0 Å². The van der Waals surface area contributed by atoms with Crippen LogP contribution < -0.4 is 5.32 Å². The van der Waals surface area contributed by atoms with Crippen LogP contribution in [0.15, 0.2) is 84.9 Å². The van der Waals surface area contributed by atoms with Gasteiger partial charge in [-0.1, -0.05) is 78.4 Å². The van der Waals surface area contributed by atoms with Crippen LogP contribution in [0.25, 0.3) is 10.9 Å². The zero-order valence-corrected chi connectivity index (χ0v) is 21.3. The van der Waals surface area contributed by atoms with Crippen molar-refractivity contribution in [2.45, 2.75) is 45.7 Å². The number of hydrogen-bond donors (Lipinski definition) is 1. The van der Waals surface area contributed by atoms with E-state index in [9.17, 15) is 4.79 Å². The predicted octanol–water partition coefficient (Wildman–Crippen LogP) is 5.96. The first-order chi connectivity index (χ1) is 17.7. The molecule has 4 aromatic rings. The molecule has 1 saturated heterocycles. The number of fused-ring (bicyclic) bond motifs is 1. The number of carbonyl (C=O) groups excluding carboxylic acids is 1. The molecule has 1 N–H and O–H groups in total. The second kappa shape index (κ2) is 11.6. The fourth-order valence-corrected chi connectivity index (χ4v) is 5.34. The van der Waals surface area contributed by atoms with Crippen LogP contribution in [0.1, 0.15) is 41.6 Å². The van der Waals surface area contributed by atoms with Crippen molar-refractivity contribution in [1.29, 1.82) is 0 Å². The standard InChI is InChI=1S/C32H37N3O/c1-25-13-15-27(16-14-25)23-35-30(22-29-11-5-6-12-31(29)35)24-34-20-17-28(18-21-34)32(36)33-19-7-10-26-8-3-2-4-9-26/h2-6,8-9,11-16,22,28H,7,10,17-21,23-24H2,1H3,(H,33,36). The minimum Gasteiger partial charge on any atom is -0.356 e. The molecule has 4 heteroatoms. The molecule has 0 atom stereocenters. The van der Waals surface area contributed by atoms with E-state index in [1.54, 1.807) is 0 Å². The van der Waals surface area contributed by atoms with E-state index in [-0.39, 0.29) is 11.8 Å². The Bertz CT molecular complexity index is 1270. The molecule has 186 valence electrons. The van der Waals surface area contributed by atoms with Crippen LogP contribution >= 0.6 is 0 Å². The van der Waals surface area contributed by atoms with Crippen LogP contribution in [0.4, 0.5) is 0 Å². The molecule has 0 unspecified atom stereocenters. The Labute approximate surface area is 214 Å². The van der Waals surface area contributed by atoms with Crippen molar-refractivity contribution in [3.05, 3.63) is 107 Å². The lowest BCUT2D eigenvalue weighted by molar-refractivity contribution is -0.126. The van der Waals surface area contributed by atoms with E-state index >= 15 is 0 Å². The fraction of sp³-hybridized carbons (Fsp3) is 0.344. The number of nitrogens with one attached hydrogen (secondary N) is 1. The van der Waals surface area contributed by atoms with Crippen molar-refractivity contribution in [1.82, 2.24) is 14.8 Å². The Morgan fingerprint density at radius 1 is 0.861 bits per heavy atom. The first-order valence-electron chi connectivity index (χ1n) is 13.3. The van der Waals surface area contributed by atoms with E-state index in [1.165, 1.54) is 33.3 Å². The molecule has 36 heavy (non-hydrogen) atoms. The highest BCUT2D eigenvalue weighted by Crippen LogP contribution is 2.25. The molecule has 4 nitrogen and oxygen atoms in total. The van der Waals surface area contributed by atoms with E-state index in [1.807, 2.05) is 6.07 Å². The summed E-state index contributed by atoms with van der Waals surface area (Å²) in [7, 11) is 0. The number of para-hydroxylation sites is 1. The van der Waals surface area contributed by atoms with Gasteiger partial charge >= 0.3 is 0 Å². The van der Waals surface area contributed by atoms with Crippen molar-refractivity contribution >= 4 is 16.8 Å². The molecule has 5 rings (SSSR count). The molecule has 1 aromatic heterocycles. The number of aromatic nitrogens is 1. The van der Waals surface area contributed by atoms with Gasteiger partial charge in [0.1, 0.15) is 0 Å². The Balaban J connectivity index is 1.15. The number of benzene rings is 3. The van der Waals surface area contributed by atoms with Crippen molar-refractivity contribution in [2.75, 3.05) is 19.6 Å². The van der Waals surface area contributed by atoms with Gasteiger partial charge in [-0.2, -0.15) is 0 Å². The summed E-state index contributed by atoms with van der Waals surface area (Å²) in [5.41, 5.74) is 6.59. The van der Waals surface area contributed by atoms with Gasteiger partial charge in [-0.25, -0.2) is 0 Å². The lowest BCUT2D eigenvalue weighted by Gasteiger charge is -2.31. The molecule has 1 aliphatic rings. The largest absolute Gasteiger partial charge is 0.356 e. The van der Waals surface area contributed by atoms with Crippen LogP contribution in [0.5, 0.6) is 0 Å². The normalized spacial score (nSPS) is 14.8. The highest BCUT2D eigenvalue weighted by atomic mass is 16.1. The van der Waals surface area contributed by atoms with Crippen molar-refractivity contribution in [3.63, 3.8) is 0 Å².